The summed E-state index contributed by atoms with van der Waals surface area (Å²) in [5.74, 6) is -1.62. The van der Waals surface area contributed by atoms with Crippen molar-refractivity contribution in [1.29, 1.82) is 0 Å². The fourth-order valence-corrected chi connectivity index (χ4v) is 4.08. The molecule has 2 saturated heterocycles. The molecular weight excluding hydrogens is 318 g/mol. The van der Waals surface area contributed by atoms with Crippen LogP contribution in [0.2, 0.25) is 0 Å². The molecule has 5 nitrogen and oxygen atoms in total. The van der Waals surface area contributed by atoms with Crippen molar-refractivity contribution in [2.75, 3.05) is 19.8 Å². The summed E-state index contributed by atoms with van der Waals surface area (Å²) in [5.41, 5.74) is -0.461. The Hall–Kier alpha value is -1.98. The van der Waals surface area contributed by atoms with E-state index in [0.29, 0.717) is 19.8 Å². The van der Waals surface area contributed by atoms with E-state index in [4.69, 9.17) is 4.74 Å². The molecule has 134 valence electrons. The van der Waals surface area contributed by atoms with E-state index in [1.165, 1.54) is 0 Å². The molecule has 3 rings (SSSR count). The van der Waals surface area contributed by atoms with Gasteiger partial charge >= 0.3 is 0 Å². The second kappa shape index (κ2) is 7.10. The number of carbonyl (C=O) groups is 2. The number of aliphatic hydroxyl groups is 1. The molecule has 0 aromatic heterocycles. The topological polar surface area (TPSA) is 66.8 Å². The van der Waals surface area contributed by atoms with Crippen molar-refractivity contribution in [3.05, 3.63) is 48.6 Å². The van der Waals surface area contributed by atoms with Crippen LogP contribution in [0.25, 0.3) is 0 Å². The summed E-state index contributed by atoms with van der Waals surface area (Å²) in [6.45, 7) is 6.73. The minimum Gasteiger partial charge on any atom is -0.382 e. The van der Waals surface area contributed by atoms with Crippen molar-refractivity contribution >= 4 is 11.7 Å². The van der Waals surface area contributed by atoms with Gasteiger partial charge in [-0.25, -0.2) is 0 Å². The Labute approximate surface area is 148 Å². The van der Waals surface area contributed by atoms with Gasteiger partial charge < -0.3 is 14.7 Å². The maximum Gasteiger partial charge on any atom is 0.234 e. The normalized spacial score (nSPS) is 28.8. The van der Waals surface area contributed by atoms with Crippen LogP contribution in [0.15, 0.2) is 43.0 Å². The summed E-state index contributed by atoms with van der Waals surface area (Å²) in [7, 11) is 0. The SMILES string of the molecule is C=CCN1C(=O)[C@H](C(=O)C2(O)CCOCC2)[C@@H](C)[C@@H]1c1ccccc1. The first-order chi connectivity index (χ1) is 12.0. The van der Waals surface area contributed by atoms with Crippen LogP contribution in [-0.4, -0.2) is 47.1 Å². The van der Waals surface area contributed by atoms with Crippen LogP contribution in [0.3, 0.4) is 0 Å². The highest BCUT2D eigenvalue weighted by Gasteiger charge is 2.54. The molecule has 0 saturated carbocycles. The van der Waals surface area contributed by atoms with Gasteiger partial charge in [0.2, 0.25) is 5.91 Å². The first-order valence-corrected chi connectivity index (χ1v) is 8.80. The van der Waals surface area contributed by atoms with Gasteiger partial charge in [0, 0.05) is 32.6 Å². The molecule has 0 bridgehead atoms. The molecule has 0 radical (unpaired) electrons. The van der Waals surface area contributed by atoms with E-state index in [2.05, 4.69) is 6.58 Å². The number of carbonyl (C=O) groups excluding carboxylic acids is 2. The van der Waals surface area contributed by atoms with Gasteiger partial charge in [-0.3, -0.25) is 9.59 Å². The Balaban J connectivity index is 1.93. The Morgan fingerprint density at radius 2 is 2.00 bits per heavy atom. The lowest BCUT2D eigenvalue weighted by molar-refractivity contribution is -0.155. The minimum atomic E-state index is -1.46. The molecular formula is C20H25NO4. The first kappa shape index (κ1) is 17.8. The molecule has 3 atom stereocenters. The summed E-state index contributed by atoms with van der Waals surface area (Å²) < 4.78 is 5.26. The zero-order valence-corrected chi connectivity index (χ0v) is 14.6. The van der Waals surface area contributed by atoms with Gasteiger partial charge in [0.05, 0.1) is 6.04 Å². The highest BCUT2D eigenvalue weighted by molar-refractivity contribution is 6.07. The van der Waals surface area contributed by atoms with Crippen molar-refractivity contribution in [3.63, 3.8) is 0 Å². The highest BCUT2D eigenvalue weighted by atomic mass is 16.5. The van der Waals surface area contributed by atoms with E-state index >= 15 is 0 Å². The molecule has 2 heterocycles. The Morgan fingerprint density at radius 3 is 2.60 bits per heavy atom. The molecule has 1 aromatic rings. The fourth-order valence-electron chi connectivity index (χ4n) is 4.08. The van der Waals surface area contributed by atoms with Gasteiger partial charge in [0.1, 0.15) is 11.5 Å². The van der Waals surface area contributed by atoms with E-state index in [1.807, 2.05) is 37.3 Å². The number of ether oxygens (including phenoxy) is 1. The summed E-state index contributed by atoms with van der Waals surface area (Å²) in [6.07, 6.45) is 2.18. The molecule has 5 heteroatoms. The molecule has 2 fully saturated rings. The molecule has 1 aromatic carbocycles. The largest absolute Gasteiger partial charge is 0.382 e. The highest BCUT2D eigenvalue weighted by Crippen LogP contribution is 2.44. The number of likely N-dealkylation sites (tertiary alicyclic amines) is 1. The molecule has 0 spiro atoms. The second-order valence-corrected chi connectivity index (χ2v) is 6.98. The third-order valence-electron chi connectivity index (χ3n) is 5.44. The lowest BCUT2D eigenvalue weighted by atomic mass is 9.77. The van der Waals surface area contributed by atoms with E-state index in [1.54, 1.807) is 11.0 Å². The summed E-state index contributed by atoms with van der Waals surface area (Å²) >= 11 is 0. The van der Waals surface area contributed by atoms with Crippen molar-refractivity contribution in [3.8, 4) is 0 Å². The van der Waals surface area contributed by atoms with E-state index in [-0.39, 0.29) is 36.5 Å². The van der Waals surface area contributed by atoms with Crippen LogP contribution < -0.4 is 0 Å². The number of rotatable bonds is 5. The number of Topliss-reactive ketones (excluding diaryl/α,β-unsaturated/α-hetero) is 1. The Kier molecular flexibility index (Phi) is 5.06. The molecule has 1 amide bonds. The lowest BCUT2D eigenvalue weighted by Gasteiger charge is -2.33. The lowest BCUT2D eigenvalue weighted by Crippen LogP contribution is -2.49. The predicted molar refractivity (Wildman–Crippen MR) is 93.8 cm³/mol. The van der Waals surface area contributed by atoms with Crippen molar-refractivity contribution in [2.24, 2.45) is 11.8 Å². The maximum absolute atomic E-state index is 13.1. The zero-order chi connectivity index (χ0) is 18.0. The van der Waals surface area contributed by atoms with Gasteiger partial charge in [0.15, 0.2) is 5.78 Å². The summed E-state index contributed by atoms with van der Waals surface area (Å²) in [6, 6.07) is 9.54. The van der Waals surface area contributed by atoms with Crippen LogP contribution in [-0.2, 0) is 14.3 Å². The second-order valence-electron chi connectivity index (χ2n) is 6.98. The Morgan fingerprint density at radius 1 is 1.36 bits per heavy atom. The number of amides is 1. The summed E-state index contributed by atoms with van der Waals surface area (Å²) in [5, 5.41) is 10.8. The van der Waals surface area contributed by atoms with Crippen LogP contribution in [0.5, 0.6) is 0 Å². The monoisotopic (exact) mass is 343 g/mol. The van der Waals surface area contributed by atoms with Gasteiger partial charge in [-0.05, 0) is 11.5 Å². The molecule has 25 heavy (non-hydrogen) atoms. The number of hydrogen-bond donors (Lipinski definition) is 1. The number of nitrogens with zero attached hydrogens (tertiary/aromatic N) is 1. The third kappa shape index (κ3) is 3.14. The first-order valence-electron chi connectivity index (χ1n) is 8.80. The molecule has 2 aliphatic heterocycles. The standard InChI is InChI=1S/C20H25NO4/c1-3-11-21-17(15-7-5-4-6-8-15)14(2)16(19(21)23)18(22)20(24)9-12-25-13-10-20/h3-8,14,16-17,24H,1,9-13H2,2H3/t14-,16+,17-/m1/s1. The molecule has 0 aliphatic carbocycles. The predicted octanol–water partition coefficient (Wildman–Crippen LogP) is 2.12. The number of ketones is 1. The average Bonchev–Trinajstić information content (AvgIpc) is 2.86. The third-order valence-corrected chi connectivity index (χ3v) is 5.44. The zero-order valence-electron chi connectivity index (χ0n) is 14.6. The molecule has 1 N–H and O–H groups in total. The summed E-state index contributed by atoms with van der Waals surface area (Å²) in [4.78, 5) is 27.8. The van der Waals surface area contributed by atoms with E-state index in [9.17, 15) is 14.7 Å². The number of benzene rings is 1. The van der Waals surface area contributed by atoms with Crippen LogP contribution in [0.4, 0.5) is 0 Å². The quantitative estimate of drug-likeness (QED) is 0.657. The van der Waals surface area contributed by atoms with E-state index in [0.717, 1.165) is 5.56 Å². The van der Waals surface area contributed by atoms with E-state index < -0.39 is 11.5 Å². The van der Waals surface area contributed by atoms with Gasteiger partial charge in [0.25, 0.3) is 0 Å². The molecule has 2 aliphatic rings. The van der Waals surface area contributed by atoms with Gasteiger partial charge in [-0.2, -0.15) is 0 Å². The number of hydrogen-bond acceptors (Lipinski definition) is 4. The average molecular weight is 343 g/mol. The van der Waals surface area contributed by atoms with Crippen molar-refractivity contribution < 1.29 is 19.4 Å². The smallest absolute Gasteiger partial charge is 0.234 e. The van der Waals surface area contributed by atoms with Crippen LogP contribution in [0, 0.1) is 11.8 Å². The minimum absolute atomic E-state index is 0.191. The van der Waals surface area contributed by atoms with Gasteiger partial charge in [-0.15, -0.1) is 6.58 Å². The molecule has 0 unspecified atom stereocenters. The van der Waals surface area contributed by atoms with Crippen LogP contribution in [0.1, 0.15) is 31.4 Å². The van der Waals surface area contributed by atoms with Crippen molar-refractivity contribution in [1.82, 2.24) is 4.90 Å². The van der Waals surface area contributed by atoms with Crippen LogP contribution >= 0.6 is 0 Å². The fraction of sp³-hybridized carbons (Fsp3) is 0.500. The van der Waals surface area contributed by atoms with Gasteiger partial charge in [-0.1, -0.05) is 43.3 Å². The maximum atomic E-state index is 13.1. The van der Waals surface area contributed by atoms with Crippen molar-refractivity contribution in [2.45, 2.75) is 31.4 Å². The Bertz CT molecular complexity index is 651.